The van der Waals surface area contributed by atoms with Crippen molar-refractivity contribution in [2.45, 2.75) is 13.0 Å². The third-order valence-corrected chi connectivity index (χ3v) is 3.12. The molecule has 98 valence electrons. The maximum absolute atomic E-state index is 12.1. The number of carbonyl (C=O) groups is 1. The molecule has 2 aromatic rings. The van der Waals surface area contributed by atoms with Gasteiger partial charge in [-0.25, -0.2) is 4.79 Å². The number of halogens is 1. The molecule has 19 heavy (non-hydrogen) atoms. The second kappa shape index (κ2) is 5.76. The van der Waals surface area contributed by atoms with E-state index in [-0.39, 0.29) is 11.7 Å². The van der Waals surface area contributed by atoms with Crippen molar-refractivity contribution in [3.63, 3.8) is 0 Å². The molecule has 4 heteroatoms. The Labute approximate surface area is 117 Å². The summed E-state index contributed by atoms with van der Waals surface area (Å²) in [6, 6.07) is 14.4. The van der Waals surface area contributed by atoms with Crippen LogP contribution in [0.5, 0.6) is 0 Å². The van der Waals surface area contributed by atoms with Gasteiger partial charge in [-0.1, -0.05) is 48.0 Å². The summed E-state index contributed by atoms with van der Waals surface area (Å²) >= 11 is 5.97. The average molecular weight is 276 g/mol. The number of carbonyl (C=O) groups excluding carboxylic acids is 1. The van der Waals surface area contributed by atoms with E-state index < -0.39 is 5.97 Å². The van der Waals surface area contributed by atoms with E-state index in [1.54, 1.807) is 25.1 Å². The SMILES string of the molecule is CC(OC(=O)c1c(N)cccc1Cl)c1ccccc1. The Bertz CT molecular complexity index is 564. The predicted octanol–water partition coefficient (Wildman–Crippen LogP) is 3.84. The minimum atomic E-state index is -0.514. The number of hydrogen-bond acceptors (Lipinski definition) is 3. The first-order chi connectivity index (χ1) is 9.09. The molecule has 0 aromatic heterocycles. The number of rotatable bonds is 3. The predicted molar refractivity (Wildman–Crippen MR) is 76.1 cm³/mol. The summed E-state index contributed by atoms with van der Waals surface area (Å²) in [6.45, 7) is 1.81. The summed E-state index contributed by atoms with van der Waals surface area (Å²) in [5.41, 5.74) is 7.20. The number of nitrogens with two attached hydrogens (primary N) is 1. The van der Waals surface area contributed by atoms with Crippen LogP contribution in [0.1, 0.15) is 28.9 Å². The summed E-state index contributed by atoms with van der Waals surface area (Å²) in [6.07, 6.45) is -0.357. The fourth-order valence-corrected chi connectivity index (χ4v) is 2.03. The molecule has 2 aromatic carbocycles. The fourth-order valence-electron chi connectivity index (χ4n) is 1.77. The van der Waals surface area contributed by atoms with E-state index in [2.05, 4.69) is 0 Å². The van der Waals surface area contributed by atoms with E-state index in [4.69, 9.17) is 22.1 Å². The Balaban J connectivity index is 2.18. The van der Waals surface area contributed by atoms with Crippen molar-refractivity contribution < 1.29 is 9.53 Å². The minimum Gasteiger partial charge on any atom is -0.454 e. The standard InChI is InChI=1S/C15H14ClNO2/c1-10(11-6-3-2-4-7-11)19-15(18)14-12(16)8-5-9-13(14)17/h2-10H,17H2,1H3. The Morgan fingerprint density at radius 1 is 1.16 bits per heavy atom. The van der Waals surface area contributed by atoms with Crippen molar-refractivity contribution in [2.24, 2.45) is 0 Å². The normalized spacial score (nSPS) is 11.9. The summed E-state index contributed by atoms with van der Waals surface area (Å²) in [5.74, 6) is -0.514. The van der Waals surface area contributed by atoms with Crippen LogP contribution in [0.3, 0.4) is 0 Å². The Hall–Kier alpha value is -2.00. The van der Waals surface area contributed by atoms with E-state index in [0.29, 0.717) is 10.7 Å². The van der Waals surface area contributed by atoms with Gasteiger partial charge in [0.2, 0.25) is 0 Å². The molecule has 3 nitrogen and oxygen atoms in total. The van der Waals surface area contributed by atoms with Crippen LogP contribution in [-0.2, 0) is 4.74 Å². The number of ether oxygens (including phenoxy) is 1. The molecule has 1 unspecified atom stereocenters. The lowest BCUT2D eigenvalue weighted by molar-refractivity contribution is 0.0339. The zero-order chi connectivity index (χ0) is 13.8. The number of nitrogen functional groups attached to an aromatic ring is 1. The number of anilines is 1. The zero-order valence-corrected chi connectivity index (χ0v) is 11.2. The third kappa shape index (κ3) is 3.06. The molecule has 0 fully saturated rings. The summed E-state index contributed by atoms with van der Waals surface area (Å²) in [4.78, 5) is 12.1. The van der Waals surface area contributed by atoms with Gasteiger partial charge in [-0.2, -0.15) is 0 Å². The second-order valence-corrected chi connectivity index (χ2v) is 4.57. The van der Waals surface area contributed by atoms with Crippen LogP contribution in [0, 0.1) is 0 Å². The van der Waals surface area contributed by atoms with E-state index in [9.17, 15) is 4.79 Å². The Morgan fingerprint density at radius 3 is 2.47 bits per heavy atom. The molecular weight excluding hydrogens is 262 g/mol. The van der Waals surface area contributed by atoms with E-state index in [1.165, 1.54) is 0 Å². The summed E-state index contributed by atoms with van der Waals surface area (Å²) in [7, 11) is 0. The molecule has 0 radical (unpaired) electrons. The van der Waals surface area contributed by atoms with Crippen molar-refractivity contribution >= 4 is 23.3 Å². The molecule has 0 saturated heterocycles. The lowest BCUT2D eigenvalue weighted by Crippen LogP contribution is -2.11. The van der Waals surface area contributed by atoms with E-state index in [0.717, 1.165) is 5.56 Å². The first-order valence-corrected chi connectivity index (χ1v) is 6.27. The maximum atomic E-state index is 12.1. The maximum Gasteiger partial charge on any atom is 0.342 e. The molecular formula is C15H14ClNO2. The van der Waals surface area contributed by atoms with E-state index in [1.807, 2.05) is 30.3 Å². The van der Waals surface area contributed by atoms with Gasteiger partial charge >= 0.3 is 5.97 Å². The van der Waals surface area contributed by atoms with Gasteiger partial charge in [-0.3, -0.25) is 0 Å². The van der Waals surface area contributed by atoms with Crippen LogP contribution >= 0.6 is 11.6 Å². The molecule has 0 saturated carbocycles. The molecule has 0 aliphatic rings. The number of hydrogen-bond donors (Lipinski definition) is 1. The van der Waals surface area contributed by atoms with Crippen molar-refractivity contribution in [1.29, 1.82) is 0 Å². The smallest absolute Gasteiger partial charge is 0.342 e. The fraction of sp³-hybridized carbons (Fsp3) is 0.133. The number of esters is 1. The van der Waals surface area contributed by atoms with Crippen molar-refractivity contribution in [3.05, 3.63) is 64.7 Å². The van der Waals surface area contributed by atoms with Crippen LogP contribution < -0.4 is 5.73 Å². The zero-order valence-electron chi connectivity index (χ0n) is 10.5. The van der Waals surface area contributed by atoms with Crippen LogP contribution in [-0.4, -0.2) is 5.97 Å². The first-order valence-electron chi connectivity index (χ1n) is 5.89. The highest BCUT2D eigenvalue weighted by molar-refractivity contribution is 6.34. The van der Waals surface area contributed by atoms with Gasteiger partial charge in [0.05, 0.1) is 5.02 Å². The van der Waals surface area contributed by atoms with Crippen LogP contribution in [0.15, 0.2) is 48.5 Å². The lowest BCUT2D eigenvalue weighted by Gasteiger charge is -2.15. The largest absolute Gasteiger partial charge is 0.454 e. The van der Waals surface area contributed by atoms with Gasteiger partial charge in [0.1, 0.15) is 11.7 Å². The second-order valence-electron chi connectivity index (χ2n) is 4.16. The van der Waals surface area contributed by atoms with Crippen molar-refractivity contribution in [2.75, 3.05) is 5.73 Å². The quantitative estimate of drug-likeness (QED) is 0.684. The van der Waals surface area contributed by atoms with Crippen LogP contribution in [0.25, 0.3) is 0 Å². The molecule has 0 amide bonds. The Kier molecular flexibility index (Phi) is 4.07. The monoisotopic (exact) mass is 275 g/mol. The Morgan fingerprint density at radius 2 is 1.84 bits per heavy atom. The van der Waals surface area contributed by atoms with Gasteiger partial charge < -0.3 is 10.5 Å². The molecule has 2 rings (SSSR count). The highest BCUT2D eigenvalue weighted by Gasteiger charge is 2.18. The highest BCUT2D eigenvalue weighted by atomic mass is 35.5. The summed E-state index contributed by atoms with van der Waals surface area (Å²) < 4.78 is 5.38. The molecule has 0 spiro atoms. The van der Waals surface area contributed by atoms with Gasteiger partial charge in [-0.15, -0.1) is 0 Å². The molecule has 0 bridgehead atoms. The van der Waals surface area contributed by atoms with Gasteiger partial charge in [0, 0.05) is 5.69 Å². The summed E-state index contributed by atoms with van der Waals surface area (Å²) in [5, 5.41) is 0.297. The van der Waals surface area contributed by atoms with Crippen molar-refractivity contribution in [3.8, 4) is 0 Å². The number of benzene rings is 2. The van der Waals surface area contributed by atoms with Crippen LogP contribution in [0.4, 0.5) is 5.69 Å². The molecule has 0 aliphatic heterocycles. The molecule has 1 atom stereocenters. The van der Waals surface area contributed by atoms with E-state index >= 15 is 0 Å². The van der Waals surface area contributed by atoms with Gasteiger partial charge in [-0.05, 0) is 24.6 Å². The third-order valence-electron chi connectivity index (χ3n) is 2.80. The average Bonchev–Trinajstić information content (AvgIpc) is 2.39. The molecule has 0 aliphatic carbocycles. The van der Waals surface area contributed by atoms with Crippen LogP contribution in [0.2, 0.25) is 5.02 Å². The lowest BCUT2D eigenvalue weighted by atomic mass is 10.1. The van der Waals surface area contributed by atoms with Gasteiger partial charge in [0.25, 0.3) is 0 Å². The highest BCUT2D eigenvalue weighted by Crippen LogP contribution is 2.25. The topological polar surface area (TPSA) is 52.3 Å². The molecule has 0 heterocycles. The van der Waals surface area contributed by atoms with Crippen molar-refractivity contribution in [1.82, 2.24) is 0 Å². The minimum absolute atomic E-state index is 0.215. The van der Waals surface area contributed by atoms with Gasteiger partial charge in [0.15, 0.2) is 0 Å². The first kappa shape index (κ1) is 13.4. The molecule has 2 N–H and O–H groups in total.